The van der Waals surface area contributed by atoms with Gasteiger partial charge in [0.15, 0.2) is 11.6 Å². The maximum Gasteiger partial charge on any atom is 0.244 e. The summed E-state index contributed by atoms with van der Waals surface area (Å²) in [4.78, 5) is 15.2. The second kappa shape index (κ2) is 11.5. The Labute approximate surface area is 176 Å². The van der Waals surface area contributed by atoms with Crippen molar-refractivity contribution in [1.82, 2.24) is 19.9 Å². The summed E-state index contributed by atoms with van der Waals surface area (Å²) < 4.78 is 10.8. The van der Waals surface area contributed by atoms with Crippen LogP contribution in [0.5, 0.6) is 11.8 Å². The first-order valence-electron chi connectivity index (χ1n) is 9.67. The fourth-order valence-electron chi connectivity index (χ4n) is 1.92. The van der Waals surface area contributed by atoms with Crippen molar-refractivity contribution in [2.24, 2.45) is 11.8 Å². The molecule has 0 bridgehead atoms. The van der Waals surface area contributed by atoms with Crippen LogP contribution >= 0.6 is 0 Å². The van der Waals surface area contributed by atoms with Crippen LogP contribution in [0.3, 0.4) is 0 Å². The van der Waals surface area contributed by atoms with E-state index in [2.05, 4.69) is 47.6 Å². The Morgan fingerprint density at radius 3 is 1.63 bits per heavy atom. The third kappa shape index (κ3) is 7.89. The molecule has 12 heteroatoms. The second-order valence-electron chi connectivity index (χ2n) is 7.23. The van der Waals surface area contributed by atoms with Crippen molar-refractivity contribution in [3.63, 3.8) is 0 Å². The first-order valence-corrected chi connectivity index (χ1v) is 9.67. The SMILES string of the molecule is CC(C)CCOc1nc(N)nc(N)c1N.CCC(C)COc1nc(N)nc(N)c1N. The lowest BCUT2D eigenvalue weighted by molar-refractivity contribution is 0.249. The molecular formula is C18H34N10O2. The number of nitrogens with two attached hydrogens (primary N) is 6. The molecule has 0 fully saturated rings. The van der Waals surface area contributed by atoms with Gasteiger partial charge in [0.25, 0.3) is 0 Å². The molecule has 0 aliphatic carbocycles. The Morgan fingerprint density at radius 1 is 0.733 bits per heavy atom. The van der Waals surface area contributed by atoms with E-state index in [4.69, 9.17) is 43.9 Å². The molecular weight excluding hydrogens is 388 g/mol. The van der Waals surface area contributed by atoms with Crippen molar-refractivity contribution >= 4 is 34.9 Å². The number of rotatable bonds is 8. The molecule has 2 rings (SSSR count). The average molecular weight is 423 g/mol. The van der Waals surface area contributed by atoms with Gasteiger partial charge in [0.05, 0.1) is 13.2 Å². The van der Waals surface area contributed by atoms with Crippen molar-refractivity contribution in [3.8, 4) is 11.8 Å². The van der Waals surface area contributed by atoms with Crippen LogP contribution in [-0.2, 0) is 0 Å². The largest absolute Gasteiger partial charge is 0.476 e. The van der Waals surface area contributed by atoms with E-state index in [-0.39, 0.29) is 46.7 Å². The van der Waals surface area contributed by atoms with Crippen molar-refractivity contribution in [3.05, 3.63) is 0 Å². The van der Waals surface area contributed by atoms with Crippen LogP contribution in [0.25, 0.3) is 0 Å². The van der Waals surface area contributed by atoms with E-state index in [0.717, 1.165) is 12.8 Å². The number of aromatic nitrogens is 4. The minimum atomic E-state index is 0.0702. The highest BCUT2D eigenvalue weighted by Crippen LogP contribution is 2.25. The average Bonchev–Trinajstić information content (AvgIpc) is 2.67. The number of nitrogens with zero attached hydrogens (tertiary/aromatic N) is 4. The maximum absolute atomic E-state index is 5.65. The summed E-state index contributed by atoms with van der Waals surface area (Å²) in [7, 11) is 0. The molecule has 30 heavy (non-hydrogen) atoms. The van der Waals surface area contributed by atoms with Gasteiger partial charge in [0.1, 0.15) is 11.4 Å². The maximum atomic E-state index is 5.65. The molecule has 12 nitrogen and oxygen atoms in total. The lowest BCUT2D eigenvalue weighted by Gasteiger charge is -2.12. The standard InChI is InChI=1S/2C9H17N5O/c1-5(2)3-4-15-8-6(10)7(11)13-9(12)14-8;1-3-5(2)4-15-8-6(10)7(11)13-9(12)14-8/h2*5H,3-4,10H2,1-2H3,(H4,11,12,13,14). The Bertz CT molecular complexity index is 816. The minimum Gasteiger partial charge on any atom is -0.476 e. The number of hydrogen-bond acceptors (Lipinski definition) is 12. The second-order valence-corrected chi connectivity index (χ2v) is 7.23. The highest BCUT2D eigenvalue weighted by molar-refractivity contribution is 5.66. The molecule has 0 radical (unpaired) electrons. The summed E-state index contributed by atoms with van der Waals surface area (Å²) in [6.07, 6.45) is 1.94. The van der Waals surface area contributed by atoms with Gasteiger partial charge in [-0.25, -0.2) is 0 Å². The molecule has 2 aromatic heterocycles. The predicted molar refractivity (Wildman–Crippen MR) is 120 cm³/mol. The van der Waals surface area contributed by atoms with E-state index < -0.39 is 0 Å². The molecule has 0 saturated carbocycles. The molecule has 0 saturated heterocycles. The van der Waals surface area contributed by atoms with E-state index in [9.17, 15) is 0 Å². The van der Waals surface area contributed by atoms with Gasteiger partial charge in [0.2, 0.25) is 23.7 Å². The van der Waals surface area contributed by atoms with E-state index in [1.54, 1.807) is 0 Å². The molecule has 1 atom stereocenters. The Balaban J connectivity index is 0.000000300. The Kier molecular flexibility index (Phi) is 9.46. The third-order valence-electron chi connectivity index (χ3n) is 4.05. The normalized spacial score (nSPS) is 11.5. The van der Waals surface area contributed by atoms with Crippen LogP contribution in [0, 0.1) is 11.8 Å². The van der Waals surface area contributed by atoms with Gasteiger partial charge in [0, 0.05) is 0 Å². The van der Waals surface area contributed by atoms with Gasteiger partial charge in [-0.2, -0.15) is 19.9 Å². The molecule has 0 aromatic carbocycles. The molecule has 1 unspecified atom stereocenters. The predicted octanol–water partition coefficient (Wildman–Crippen LogP) is 1.30. The third-order valence-corrected chi connectivity index (χ3v) is 4.05. The summed E-state index contributed by atoms with van der Waals surface area (Å²) in [6.45, 7) is 9.45. The lowest BCUT2D eigenvalue weighted by atomic mass is 10.1. The zero-order chi connectivity index (χ0) is 22.8. The first-order chi connectivity index (χ1) is 14.0. The topological polar surface area (TPSA) is 226 Å². The number of ether oxygens (including phenoxy) is 2. The van der Waals surface area contributed by atoms with Crippen molar-refractivity contribution in [1.29, 1.82) is 0 Å². The minimum absolute atomic E-state index is 0.0702. The van der Waals surface area contributed by atoms with Crippen LogP contribution in [0.1, 0.15) is 40.5 Å². The van der Waals surface area contributed by atoms with E-state index in [1.165, 1.54) is 0 Å². The van der Waals surface area contributed by atoms with Crippen LogP contribution < -0.4 is 43.9 Å². The van der Waals surface area contributed by atoms with Crippen molar-refractivity contribution in [2.75, 3.05) is 47.6 Å². The van der Waals surface area contributed by atoms with E-state index in [0.29, 0.717) is 25.0 Å². The fraction of sp³-hybridized carbons (Fsp3) is 0.556. The fourth-order valence-corrected chi connectivity index (χ4v) is 1.92. The Morgan fingerprint density at radius 2 is 1.20 bits per heavy atom. The molecule has 0 aliphatic rings. The Hall–Kier alpha value is -3.44. The highest BCUT2D eigenvalue weighted by Gasteiger charge is 2.11. The summed E-state index contributed by atoms with van der Waals surface area (Å²) >= 11 is 0. The van der Waals surface area contributed by atoms with Gasteiger partial charge in [-0.15, -0.1) is 0 Å². The summed E-state index contributed by atoms with van der Waals surface area (Å²) in [6, 6.07) is 0. The van der Waals surface area contributed by atoms with Gasteiger partial charge in [-0.1, -0.05) is 34.1 Å². The zero-order valence-corrected chi connectivity index (χ0v) is 18.1. The van der Waals surface area contributed by atoms with Gasteiger partial charge in [-0.05, 0) is 18.3 Å². The van der Waals surface area contributed by atoms with Crippen LogP contribution in [0.2, 0.25) is 0 Å². The molecule has 168 valence electrons. The number of anilines is 6. The first kappa shape index (κ1) is 24.6. The van der Waals surface area contributed by atoms with E-state index in [1.807, 2.05) is 0 Å². The highest BCUT2D eigenvalue weighted by atomic mass is 16.5. The molecule has 2 heterocycles. The number of nitrogen functional groups attached to an aromatic ring is 6. The summed E-state index contributed by atoms with van der Waals surface area (Å²) in [5, 5.41) is 0. The van der Waals surface area contributed by atoms with Crippen LogP contribution in [-0.4, -0.2) is 33.1 Å². The lowest BCUT2D eigenvalue weighted by Crippen LogP contribution is -2.12. The zero-order valence-electron chi connectivity index (χ0n) is 18.1. The summed E-state index contributed by atoms with van der Waals surface area (Å²) in [5.74, 6) is 1.97. The van der Waals surface area contributed by atoms with Crippen LogP contribution in [0.4, 0.5) is 34.9 Å². The smallest absolute Gasteiger partial charge is 0.244 e. The van der Waals surface area contributed by atoms with Crippen molar-refractivity contribution in [2.45, 2.75) is 40.5 Å². The molecule has 0 aliphatic heterocycles. The molecule has 0 amide bonds. The molecule has 0 spiro atoms. The quantitative estimate of drug-likeness (QED) is 0.353. The monoisotopic (exact) mass is 422 g/mol. The van der Waals surface area contributed by atoms with Gasteiger partial charge >= 0.3 is 0 Å². The van der Waals surface area contributed by atoms with Gasteiger partial charge in [-0.3, -0.25) is 0 Å². The molecule has 12 N–H and O–H groups in total. The number of hydrogen-bond donors (Lipinski definition) is 6. The van der Waals surface area contributed by atoms with E-state index >= 15 is 0 Å². The van der Waals surface area contributed by atoms with Crippen molar-refractivity contribution < 1.29 is 9.47 Å². The molecule has 2 aromatic rings. The summed E-state index contributed by atoms with van der Waals surface area (Å²) in [5.41, 5.74) is 33.7. The van der Waals surface area contributed by atoms with Gasteiger partial charge < -0.3 is 43.9 Å². The van der Waals surface area contributed by atoms with Crippen LogP contribution in [0.15, 0.2) is 0 Å².